The molecule has 0 aliphatic carbocycles. The molecule has 0 N–H and O–H groups in total. The molecular formula is C3H7O3PZn. The third-order valence-corrected chi connectivity index (χ3v) is 0.794. The van der Waals surface area contributed by atoms with Crippen molar-refractivity contribution in [1.82, 2.24) is 0 Å². The predicted molar refractivity (Wildman–Crippen MR) is 23.2 cm³/mol. The quantitative estimate of drug-likeness (QED) is 0.436. The van der Waals surface area contributed by atoms with Gasteiger partial charge >= 0.3 is 19.5 Å². The number of hydrogen-bond donors (Lipinski definition) is 0. The van der Waals surface area contributed by atoms with Crippen LogP contribution >= 0.6 is 8.60 Å². The maximum atomic E-state index is 9.57. The molecule has 0 aromatic rings. The first-order chi connectivity index (χ1) is 3.27. The first-order valence-corrected chi connectivity index (χ1v) is 3.14. The van der Waals surface area contributed by atoms with Gasteiger partial charge in [-0.25, -0.2) is 0 Å². The zero-order chi connectivity index (χ0) is 5.70. The van der Waals surface area contributed by atoms with E-state index in [9.17, 15) is 9.79 Å². The van der Waals surface area contributed by atoms with E-state index in [2.05, 4.69) is 4.52 Å². The fourth-order valence-corrected chi connectivity index (χ4v) is 0.497. The maximum Gasteiger partial charge on any atom is 2.00 e. The molecule has 0 aromatic heterocycles. The Labute approximate surface area is 62.8 Å². The molecule has 0 heterocycles. The Morgan fingerprint density at radius 3 is 2.12 bits per heavy atom. The van der Waals surface area contributed by atoms with Gasteiger partial charge in [-0.2, -0.15) is 8.60 Å². The molecule has 0 aliphatic rings. The normalized spacial score (nSPS) is 9.00. The summed E-state index contributed by atoms with van der Waals surface area (Å²) in [5.74, 6) is 0. The van der Waals surface area contributed by atoms with E-state index in [4.69, 9.17) is 0 Å². The van der Waals surface area contributed by atoms with Crippen LogP contribution in [-0.4, -0.2) is 6.61 Å². The second-order valence-electron chi connectivity index (χ2n) is 1.06. The Morgan fingerprint density at radius 2 is 2.00 bits per heavy atom. The van der Waals surface area contributed by atoms with Crippen LogP contribution in [0.3, 0.4) is 0 Å². The first kappa shape index (κ1) is 11.7. The van der Waals surface area contributed by atoms with Crippen molar-refractivity contribution in [3.8, 4) is 0 Å². The average Bonchev–Trinajstić information content (AvgIpc) is 1.61. The molecular weight excluding hydrogens is 180 g/mol. The standard InChI is InChI=1S/C3H7O3P.Zn/c1-2-3-6-7(4)5;/h2-3H2,1H3;/q-2;+2. The van der Waals surface area contributed by atoms with Crippen molar-refractivity contribution in [2.24, 2.45) is 0 Å². The molecule has 0 bridgehead atoms. The zero-order valence-electron chi connectivity index (χ0n) is 4.79. The van der Waals surface area contributed by atoms with E-state index in [0.717, 1.165) is 6.42 Å². The molecule has 0 atom stereocenters. The van der Waals surface area contributed by atoms with Gasteiger partial charge in [0.2, 0.25) is 0 Å². The third kappa shape index (κ3) is 10.0. The molecule has 0 rings (SSSR count). The fraction of sp³-hybridized carbons (Fsp3) is 1.00. The summed E-state index contributed by atoms with van der Waals surface area (Å²) in [6, 6.07) is 0. The van der Waals surface area contributed by atoms with Crippen molar-refractivity contribution in [1.29, 1.82) is 0 Å². The van der Waals surface area contributed by atoms with Crippen LogP contribution in [0.5, 0.6) is 0 Å². The topological polar surface area (TPSA) is 55.3 Å². The van der Waals surface area contributed by atoms with Crippen LogP contribution in [0.15, 0.2) is 0 Å². The minimum absolute atomic E-state index is 0. The van der Waals surface area contributed by atoms with Gasteiger partial charge in [-0.15, -0.1) is 0 Å². The predicted octanol–water partition coefficient (Wildman–Crippen LogP) is -0.642. The van der Waals surface area contributed by atoms with Crippen molar-refractivity contribution in [3.05, 3.63) is 0 Å². The second-order valence-corrected chi connectivity index (χ2v) is 1.76. The summed E-state index contributed by atoms with van der Waals surface area (Å²) in [5, 5.41) is 0. The molecule has 44 valence electrons. The maximum absolute atomic E-state index is 9.57. The molecule has 0 radical (unpaired) electrons. The Hall–Kier alpha value is 0.933. The van der Waals surface area contributed by atoms with Gasteiger partial charge in [0.05, 0.1) is 0 Å². The minimum Gasteiger partial charge on any atom is -0.820 e. The summed E-state index contributed by atoms with van der Waals surface area (Å²) < 4.78 is 4.14. The van der Waals surface area contributed by atoms with Crippen LogP contribution in [0.4, 0.5) is 0 Å². The molecule has 8 heavy (non-hydrogen) atoms. The Morgan fingerprint density at radius 1 is 1.50 bits per heavy atom. The largest absolute Gasteiger partial charge is 2.00 e. The Bertz CT molecular complexity index is 43.5. The minimum atomic E-state index is -2.61. The van der Waals surface area contributed by atoms with Crippen molar-refractivity contribution >= 4 is 8.60 Å². The number of rotatable bonds is 3. The summed E-state index contributed by atoms with van der Waals surface area (Å²) in [6.45, 7) is 2.15. The SMILES string of the molecule is CCCOP([O-])[O-].[Zn+2]. The van der Waals surface area contributed by atoms with Crippen molar-refractivity contribution < 1.29 is 33.8 Å². The van der Waals surface area contributed by atoms with Crippen LogP contribution in [-0.2, 0) is 24.0 Å². The summed E-state index contributed by atoms with van der Waals surface area (Å²) in [4.78, 5) is 19.1. The summed E-state index contributed by atoms with van der Waals surface area (Å²) >= 11 is 0. The summed E-state index contributed by atoms with van der Waals surface area (Å²) in [5.41, 5.74) is 0. The van der Waals surface area contributed by atoms with E-state index in [1.165, 1.54) is 0 Å². The zero-order valence-corrected chi connectivity index (χ0v) is 8.65. The molecule has 0 spiro atoms. The van der Waals surface area contributed by atoms with Crippen LogP contribution in [0.1, 0.15) is 13.3 Å². The van der Waals surface area contributed by atoms with Gasteiger partial charge in [0.15, 0.2) is 0 Å². The van der Waals surface area contributed by atoms with Crippen LogP contribution < -0.4 is 9.79 Å². The molecule has 5 heteroatoms. The van der Waals surface area contributed by atoms with Crippen molar-refractivity contribution in [2.45, 2.75) is 13.3 Å². The summed E-state index contributed by atoms with van der Waals surface area (Å²) in [6.07, 6.45) is 0.739. The number of hydrogen-bond acceptors (Lipinski definition) is 3. The molecule has 0 fully saturated rings. The van der Waals surface area contributed by atoms with E-state index >= 15 is 0 Å². The second kappa shape index (κ2) is 7.93. The molecule has 0 saturated heterocycles. The van der Waals surface area contributed by atoms with Gasteiger partial charge in [0.1, 0.15) is 0 Å². The van der Waals surface area contributed by atoms with E-state index in [1.807, 2.05) is 6.92 Å². The van der Waals surface area contributed by atoms with E-state index in [1.54, 1.807) is 0 Å². The van der Waals surface area contributed by atoms with Gasteiger partial charge in [0.25, 0.3) is 0 Å². The van der Waals surface area contributed by atoms with Crippen molar-refractivity contribution in [3.63, 3.8) is 0 Å². The summed E-state index contributed by atoms with van der Waals surface area (Å²) in [7, 11) is -2.61. The molecule has 0 amide bonds. The Kier molecular flexibility index (Phi) is 11.6. The monoisotopic (exact) mass is 186 g/mol. The van der Waals surface area contributed by atoms with E-state index < -0.39 is 8.60 Å². The fourth-order valence-electron chi connectivity index (χ4n) is 0.166. The van der Waals surface area contributed by atoms with E-state index in [0.29, 0.717) is 6.61 Å². The molecule has 0 aliphatic heterocycles. The van der Waals surface area contributed by atoms with Crippen LogP contribution in [0.25, 0.3) is 0 Å². The third-order valence-electron chi connectivity index (χ3n) is 0.401. The first-order valence-electron chi connectivity index (χ1n) is 2.04. The van der Waals surface area contributed by atoms with Gasteiger partial charge < -0.3 is 14.3 Å². The van der Waals surface area contributed by atoms with Gasteiger partial charge in [-0.1, -0.05) is 6.92 Å². The molecule has 0 saturated carbocycles. The van der Waals surface area contributed by atoms with Gasteiger partial charge in [-0.3, -0.25) is 0 Å². The molecule has 0 unspecified atom stereocenters. The van der Waals surface area contributed by atoms with Gasteiger partial charge in [-0.05, 0) is 6.42 Å². The average molecular weight is 187 g/mol. The molecule has 0 aromatic carbocycles. The van der Waals surface area contributed by atoms with Crippen LogP contribution in [0.2, 0.25) is 0 Å². The van der Waals surface area contributed by atoms with Gasteiger partial charge in [0, 0.05) is 6.61 Å². The smallest absolute Gasteiger partial charge is 0.820 e. The Balaban J connectivity index is 0. The van der Waals surface area contributed by atoms with E-state index in [-0.39, 0.29) is 19.5 Å². The van der Waals surface area contributed by atoms with Crippen LogP contribution in [0, 0.1) is 0 Å². The van der Waals surface area contributed by atoms with Crippen molar-refractivity contribution in [2.75, 3.05) is 6.61 Å². The molecule has 3 nitrogen and oxygen atoms in total.